The highest BCUT2D eigenvalue weighted by Crippen LogP contribution is 2.30. The topological polar surface area (TPSA) is 33.2 Å². The van der Waals surface area contributed by atoms with Crippen molar-refractivity contribution in [1.82, 2.24) is 9.88 Å². The fraction of sp³-hybridized carbons (Fsp3) is 0.538. The largest absolute Gasteiger partial charge is 0.335 e. The van der Waals surface area contributed by atoms with Crippen LogP contribution in [0.5, 0.6) is 0 Å². The average molecular weight is 253 g/mol. The second-order valence-electron chi connectivity index (χ2n) is 4.84. The van der Waals surface area contributed by atoms with Crippen LogP contribution < -0.4 is 0 Å². The summed E-state index contributed by atoms with van der Waals surface area (Å²) in [5, 5.41) is 0.367. The fourth-order valence-corrected chi connectivity index (χ4v) is 1.95. The van der Waals surface area contributed by atoms with Crippen molar-refractivity contribution in [3.63, 3.8) is 0 Å². The van der Waals surface area contributed by atoms with Gasteiger partial charge in [-0.3, -0.25) is 4.79 Å². The van der Waals surface area contributed by atoms with Gasteiger partial charge in [-0.05, 0) is 44.7 Å². The van der Waals surface area contributed by atoms with E-state index in [1.165, 1.54) is 12.8 Å². The second kappa shape index (κ2) is 5.05. The molecule has 2 rings (SSSR count). The number of carbonyl (C=O) groups is 1. The van der Waals surface area contributed by atoms with Crippen molar-refractivity contribution < 1.29 is 4.79 Å². The number of aromatic nitrogens is 1. The second-order valence-corrected chi connectivity index (χ2v) is 5.23. The Morgan fingerprint density at radius 3 is 2.76 bits per heavy atom. The molecule has 0 bridgehead atoms. The van der Waals surface area contributed by atoms with Crippen LogP contribution in [0.25, 0.3) is 0 Å². The first-order valence-electron chi connectivity index (χ1n) is 6.01. The smallest absolute Gasteiger partial charge is 0.272 e. The summed E-state index contributed by atoms with van der Waals surface area (Å²) in [7, 11) is 0. The summed E-state index contributed by atoms with van der Waals surface area (Å²) < 4.78 is 0. The summed E-state index contributed by atoms with van der Waals surface area (Å²) in [5.41, 5.74) is 0.437. The molecule has 4 heteroatoms. The van der Waals surface area contributed by atoms with Crippen LogP contribution in [0, 0.1) is 5.92 Å². The third-order valence-corrected chi connectivity index (χ3v) is 3.18. The molecule has 0 atom stereocenters. The third-order valence-electron chi connectivity index (χ3n) is 2.97. The van der Waals surface area contributed by atoms with Crippen LogP contribution in [0.3, 0.4) is 0 Å². The van der Waals surface area contributed by atoms with Crippen molar-refractivity contribution in [2.45, 2.75) is 32.7 Å². The molecule has 0 spiro atoms. The Morgan fingerprint density at radius 2 is 2.24 bits per heavy atom. The lowest BCUT2D eigenvalue weighted by Crippen LogP contribution is -2.38. The van der Waals surface area contributed by atoms with Crippen molar-refractivity contribution in [3.05, 3.63) is 29.0 Å². The van der Waals surface area contributed by atoms with Gasteiger partial charge in [0.25, 0.3) is 5.91 Å². The molecule has 0 saturated heterocycles. The summed E-state index contributed by atoms with van der Waals surface area (Å²) in [6.07, 6.45) is 2.47. The quantitative estimate of drug-likeness (QED) is 0.772. The summed E-state index contributed by atoms with van der Waals surface area (Å²) in [6.45, 7) is 4.90. The molecule has 3 nitrogen and oxygen atoms in total. The van der Waals surface area contributed by atoms with E-state index < -0.39 is 0 Å². The van der Waals surface area contributed by atoms with Crippen molar-refractivity contribution >= 4 is 17.5 Å². The highest BCUT2D eigenvalue weighted by atomic mass is 35.5. The Bertz CT molecular complexity index is 416. The van der Waals surface area contributed by atoms with Gasteiger partial charge in [0.05, 0.1) is 0 Å². The molecule has 1 aliphatic rings. The zero-order chi connectivity index (χ0) is 12.4. The predicted molar refractivity (Wildman–Crippen MR) is 68.1 cm³/mol. The first-order chi connectivity index (χ1) is 8.08. The van der Waals surface area contributed by atoms with Crippen LogP contribution in [0.2, 0.25) is 5.15 Å². The van der Waals surface area contributed by atoms with Crippen LogP contribution in [0.15, 0.2) is 18.2 Å². The molecule has 0 N–H and O–H groups in total. The van der Waals surface area contributed by atoms with Gasteiger partial charge < -0.3 is 4.90 Å². The van der Waals surface area contributed by atoms with Gasteiger partial charge in [-0.15, -0.1) is 0 Å². The lowest BCUT2D eigenvalue weighted by Gasteiger charge is -2.26. The molecule has 0 aromatic carbocycles. The van der Waals surface area contributed by atoms with Gasteiger partial charge in [-0.2, -0.15) is 0 Å². The molecular formula is C13H17ClN2O. The van der Waals surface area contributed by atoms with Crippen LogP contribution in [0.1, 0.15) is 37.2 Å². The monoisotopic (exact) mass is 252 g/mol. The number of nitrogens with zero attached hydrogens (tertiary/aromatic N) is 2. The SMILES string of the molecule is CC(C)N(CC1CC1)C(=O)c1cccc(Cl)n1. The van der Waals surface area contributed by atoms with E-state index in [1.54, 1.807) is 18.2 Å². The number of carbonyl (C=O) groups excluding carboxylic acids is 1. The van der Waals surface area contributed by atoms with E-state index in [1.807, 2.05) is 18.7 Å². The number of hydrogen-bond donors (Lipinski definition) is 0. The number of amides is 1. The highest BCUT2D eigenvalue weighted by molar-refractivity contribution is 6.29. The van der Waals surface area contributed by atoms with Crippen LogP contribution in [0.4, 0.5) is 0 Å². The summed E-state index contributed by atoms with van der Waals surface area (Å²) in [4.78, 5) is 18.3. The fourth-order valence-electron chi connectivity index (χ4n) is 1.78. The average Bonchev–Trinajstić information content (AvgIpc) is 3.08. The van der Waals surface area contributed by atoms with E-state index in [0.717, 1.165) is 6.54 Å². The van der Waals surface area contributed by atoms with Gasteiger partial charge in [0.2, 0.25) is 0 Å². The maximum atomic E-state index is 12.3. The molecule has 0 unspecified atom stereocenters. The first kappa shape index (κ1) is 12.4. The van der Waals surface area contributed by atoms with Gasteiger partial charge in [0.15, 0.2) is 0 Å². The number of rotatable bonds is 4. The summed E-state index contributed by atoms with van der Waals surface area (Å²) >= 11 is 5.81. The predicted octanol–water partition coefficient (Wildman–Crippen LogP) is 3.00. The van der Waals surface area contributed by atoms with Gasteiger partial charge in [-0.25, -0.2) is 4.98 Å². The van der Waals surface area contributed by atoms with Crippen molar-refractivity contribution in [2.75, 3.05) is 6.54 Å². The Kier molecular flexibility index (Phi) is 3.67. The summed E-state index contributed by atoms with van der Waals surface area (Å²) in [6, 6.07) is 5.36. The molecule has 17 heavy (non-hydrogen) atoms. The molecule has 1 aliphatic carbocycles. The van der Waals surface area contributed by atoms with E-state index in [0.29, 0.717) is 16.8 Å². The maximum absolute atomic E-state index is 12.3. The van der Waals surface area contributed by atoms with Crippen LogP contribution in [-0.2, 0) is 0 Å². The van der Waals surface area contributed by atoms with Gasteiger partial charge in [0.1, 0.15) is 10.8 Å². The molecule has 1 fully saturated rings. The molecule has 92 valence electrons. The zero-order valence-corrected chi connectivity index (χ0v) is 10.9. The van der Waals surface area contributed by atoms with Crippen molar-refractivity contribution in [1.29, 1.82) is 0 Å². The van der Waals surface area contributed by atoms with Crippen molar-refractivity contribution in [3.8, 4) is 0 Å². The molecule has 1 aromatic rings. The highest BCUT2D eigenvalue weighted by Gasteiger charge is 2.29. The Morgan fingerprint density at radius 1 is 1.53 bits per heavy atom. The molecule has 1 aromatic heterocycles. The normalized spacial score (nSPS) is 15.1. The lowest BCUT2D eigenvalue weighted by molar-refractivity contribution is 0.0690. The van der Waals surface area contributed by atoms with E-state index in [-0.39, 0.29) is 11.9 Å². The molecule has 1 saturated carbocycles. The standard InChI is InChI=1S/C13H17ClN2O/c1-9(2)16(8-10-6-7-10)13(17)11-4-3-5-12(14)15-11/h3-5,9-10H,6-8H2,1-2H3. The molecule has 0 radical (unpaired) electrons. The minimum Gasteiger partial charge on any atom is -0.335 e. The molecule has 0 aliphatic heterocycles. The van der Waals surface area contributed by atoms with E-state index in [2.05, 4.69) is 4.98 Å². The van der Waals surface area contributed by atoms with Crippen LogP contribution >= 0.6 is 11.6 Å². The zero-order valence-electron chi connectivity index (χ0n) is 10.2. The Balaban J connectivity index is 2.14. The molecule has 1 amide bonds. The van der Waals surface area contributed by atoms with E-state index in [4.69, 9.17) is 11.6 Å². The Labute approximate surface area is 107 Å². The van der Waals surface area contributed by atoms with E-state index in [9.17, 15) is 4.79 Å². The number of halogens is 1. The minimum absolute atomic E-state index is 0.0191. The van der Waals surface area contributed by atoms with Gasteiger partial charge in [-0.1, -0.05) is 17.7 Å². The van der Waals surface area contributed by atoms with Gasteiger partial charge >= 0.3 is 0 Å². The first-order valence-corrected chi connectivity index (χ1v) is 6.39. The number of pyridine rings is 1. The Hall–Kier alpha value is -1.09. The van der Waals surface area contributed by atoms with Crippen molar-refractivity contribution in [2.24, 2.45) is 5.92 Å². The maximum Gasteiger partial charge on any atom is 0.272 e. The minimum atomic E-state index is -0.0191. The summed E-state index contributed by atoms with van der Waals surface area (Å²) in [5.74, 6) is 0.662. The lowest BCUT2D eigenvalue weighted by atomic mass is 10.2. The van der Waals surface area contributed by atoms with Crippen LogP contribution in [-0.4, -0.2) is 28.4 Å². The van der Waals surface area contributed by atoms with Gasteiger partial charge in [0, 0.05) is 12.6 Å². The number of hydrogen-bond acceptors (Lipinski definition) is 2. The molecular weight excluding hydrogens is 236 g/mol. The third kappa shape index (κ3) is 3.19. The van der Waals surface area contributed by atoms with E-state index >= 15 is 0 Å². The molecule has 1 heterocycles.